The lowest BCUT2D eigenvalue weighted by atomic mass is 10.1. The number of aliphatic hydroxyl groups is 1. The van der Waals surface area contributed by atoms with E-state index >= 15 is 0 Å². The van der Waals surface area contributed by atoms with Gasteiger partial charge >= 0.3 is 0 Å². The summed E-state index contributed by atoms with van der Waals surface area (Å²) in [5.41, 5.74) is 1.15. The summed E-state index contributed by atoms with van der Waals surface area (Å²) >= 11 is 0. The number of rotatable bonds is 7. The van der Waals surface area contributed by atoms with Crippen molar-refractivity contribution in [2.45, 2.75) is 13.0 Å². The standard InChI is InChI=1S/C13H21N3O/c1-4-7-16(8-9-17)13-6-5-12(10-15-13)11(2)14-3/h4-6,10-11,14,17H,1,7-9H2,2-3H3. The monoisotopic (exact) mass is 235 g/mol. The van der Waals surface area contributed by atoms with Gasteiger partial charge in [-0.15, -0.1) is 6.58 Å². The Balaban J connectivity index is 2.79. The molecule has 0 bridgehead atoms. The first-order valence-corrected chi connectivity index (χ1v) is 5.82. The lowest BCUT2D eigenvalue weighted by Gasteiger charge is -2.21. The van der Waals surface area contributed by atoms with Crippen LogP contribution in [-0.2, 0) is 0 Å². The largest absolute Gasteiger partial charge is 0.395 e. The zero-order valence-corrected chi connectivity index (χ0v) is 10.6. The zero-order chi connectivity index (χ0) is 12.7. The van der Waals surface area contributed by atoms with Crippen LogP contribution in [0, 0.1) is 0 Å². The minimum atomic E-state index is 0.115. The summed E-state index contributed by atoms with van der Waals surface area (Å²) in [6.07, 6.45) is 3.67. The second kappa shape index (κ2) is 7.04. The van der Waals surface area contributed by atoms with Crippen molar-refractivity contribution in [3.63, 3.8) is 0 Å². The predicted molar refractivity (Wildman–Crippen MR) is 71.2 cm³/mol. The summed E-state index contributed by atoms with van der Waals surface area (Å²) in [6.45, 7) is 7.17. The second-order valence-electron chi connectivity index (χ2n) is 3.92. The Hall–Kier alpha value is -1.39. The minimum Gasteiger partial charge on any atom is -0.395 e. The number of anilines is 1. The number of nitrogens with zero attached hydrogens (tertiary/aromatic N) is 2. The van der Waals surface area contributed by atoms with Gasteiger partial charge < -0.3 is 15.3 Å². The van der Waals surface area contributed by atoms with Gasteiger partial charge in [0, 0.05) is 25.3 Å². The van der Waals surface area contributed by atoms with Crippen LogP contribution < -0.4 is 10.2 Å². The van der Waals surface area contributed by atoms with E-state index in [4.69, 9.17) is 5.11 Å². The Morgan fingerprint density at radius 3 is 2.82 bits per heavy atom. The molecule has 1 heterocycles. The van der Waals surface area contributed by atoms with E-state index in [0.717, 1.165) is 11.4 Å². The van der Waals surface area contributed by atoms with Crippen LogP contribution in [0.3, 0.4) is 0 Å². The van der Waals surface area contributed by atoms with Crippen LogP contribution in [0.1, 0.15) is 18.5 Å². The van der Waals surface area contributed by atoms with Crippen LogP contribution in [-0.4, -0.2) is 36.8 Å². The molecule has 17 heavy (non-hydrogen) atoms. The molecule has 0 saturated carbocycles. The number of nitrogens with one attached hydrogen (secondary N) is 1. The highest BCUT2D eigenvalue weighted by Crippen LogP contribution is 2.15. The van der Waals surface area contributed by atoms with E-state index in [-0.39, 0.29) is 6.61 Å². The van der Waals surface area contributed by atoms with Gasteiger partial charge in [0.2, 0.25) is 0 Å². The van der Waals surface area contributed by atoms with Crippen molar-refractivity contribution >= 4 is 5.82 Å². The molecule has 0 aromatic carbocycles. The summed E-state index contributed by atoms with van der Waals surface area (Å²) in [5.74, 6) is 0.867. The first-order valence-electron chi connectivity index (χ1n) is 5.82. The molecular formula is C13H21N3O. The quantitative estimate of drug-likeness (QED) is 0.700. The Labute approximate surface area is 103 Å². The molecule has 0 spiro atoms. The van der Waals surface area contributed by atoms with E-state index < -0.39 is 0 Å². The highest BCUT2D eigenvalue weighted by atomic mass is 16.3. The number of pyridine rings is 1. The molecule has 94 valence electrons. The van der Waals surface area contributed by atoms with E-state index in [1.165, 1.54) is 0 Å². The molecule has 4 nitrogen and oxygen atoms in total. The molecule has 0 aliphatic carbocycles. The molecule has 0 amide bonds. The Morgan fingerprint density at radius 2 is 2.35 bits per heavy atom. The smallest absolute Gasteiger partial charge is 0.128 e. The first kappa shape index (κ1) is 13.7. The van der Waals surface area contributed by atoms with E-state index in [1.54, 1.807) is 0 Å². The van der Waals surface area contributed by atoms with Crippen molar-refractivity contribution in [1.82, 2.24) is 10.3 Å². The molecule has 1 unspecified atom stereocenters. The third-order valence-electron chi connectivity index (χ3n) is 2.75. The van der Waals surface area contributed by atoms with Crippen molar-refractivity contribution in [2.24, 2.45) is 0 Å². The highest BCUT2D eigenvalue weighted by molar-refractivity contribution is 5.40. The number of aromatic nitrogens is 1. The SMILES string of the molecule is C=CCN(CCO)c1ccc(C(C)NC)cn1. The van der Waals surface area contributed by atoms with Gasteiger partial charge in [-0.25, -0.2) is 4.98 Å². The molecule has 1 atom stereocenters. The molecule has 2 N–H and O–H groups in total. The molecule has 0 aliphatic heterocycles. The van der Waals surface area contributed by atoms with Crippen LogP contribution in [0.2, 0.25) is 0 Å². The summed E-state index contributed by atoms with van der Waals surface area (Å²) in [6, 6.07) is 4.32. The summed E-state index contributed by atoms with van der Waals surface area (Å²) in [7, 11) is 1.92. The zero-order valence-electron chi connectivity index (χ0n) is 10.6. The molecule has 0 fully saturated rings. The third-order valence-corrected chi connectivity index (χ3v) is 2.75. The average Bonchev–Trinajstić information content (AvgIpc) is 2.38. The van der Waals surface area contributed by atoms with Crippen LogP contribution in [0.4, 0.5) is 5.82 Å². The summed E-state index contributed by atoms with van der Waals surface area (Å²) in [4.78, 5) is 6.40. The van der Waals surface area contributed by atoms with E-state index in [9.17, 15) is 0 Å². The fourth-order valence-electron chi connectivity index (χ4n) is 1.58. The van der Waals surface area contributed by atoms with Crippen LogP contribution >= 0.6 is 0 Å². The molecule has 1 rings (SSSR count). The molecular weight excluding hydrogens is 214 g/mol. The predicted octanol–water partition coefficient (Wildman–Crippen LogP) is 1.35. The van der Waals surface area contributed by atoms with Crippen molar-refractivity contribution in [3.05, 3.63) is 36.5 Å². The average molecular weight is 235 g/mol. The molecule has 4 heteroatoms. The van der Waals surface area contributed by atoms with Crippen LogP contribution in [0.5, 0.6) is 0 Å². The van der Waals surface area contributed by atoms with Crippen LogP contribution in [0.25, 0.3) is 0 Å². The molecule has 0 radical (unpaired) electrons. The van der Waals surface area contributed by atoms with Gasteiger partial charge in [0.1, 0.15) is 5.82 Å². The highest BCUT2D eigenvalue weighted by Gasteiger charge is 2.07. The molecule has 0 saturated heterocycles. The fourth-order valence-corrected chi connectivity index (χ4v) is 1.58. The second-order valence-corrected chi connectivity index (χ2v) is 3.92. The lowest BCUT2D eigenvalue weighted by Crippen LogP contribution is -2.27. The third kappa shape index (κ3) is 3.84. The van der Waals surface area contributed by atoms with E-state index in [0.29, 0.717) is 19.1 Å². The van der Waals surface area contributed by atoms with Crippen molar-refractivity contribution < 1.29 is 5.11 Å². The van der Waals surface area contributed by atoms with Gasteiger partial charge in [-0.1, -0.05) is 12.1 Å². The Kier molecular flexibility index (Phi) is 5.66. The summed E-state index contributed by atoms with van der Waals surface area (Å²) < 4.78 is 0. The van der Waals surface area contributed by atoms with Crippen molar-refractivity contribution in [3.8, 4) is 0 Å². The number of aliphatic hydroxyl groups excluding tert-OH is 1. The number of hydrogen-bond acceptors (Lipinski definition) is 4. The van der Waals surface area contributed by atoms with E-state index in [1.807, 2.05) is 30.3 Å². The first-order chi connectivity index (χ1) is 8.22. The molecule has 1 aromatic heterocycles. The van der Waals surface area contributed by atoms with Gasteiger partial charge in [0.25, 0.3) is 0 Å². The molecule has 0 aliphatic rings. The van der Waals surface area contributed by atoms with Crippen molar-refractivity contribution in [2.75, 3.05) is 31.6 Å². The fraction of sp³-hybridized carbons (Fsp3) is 0.462. The maximum absolute atomic E-state index is 8.99. The maximum atomic E-state index is 8.99. The molecule has 1 aromatic rings. The normalized spacial score (nSPS) is 12.2. The van der Waals surface area contributed by atoms with Gasteiger partial charge in [0.15, 0.2) is 0 Å². The Bertz CT molecular complexity index is 337. The van der Waals surface area contributed by atoms with Gasteiger partial charge in [-0.05, 0) is 25.6 Å². The minimum absolute atomic E-state index is 0.115. The lowest BCUT2D eigenvalue weighted by molar-refractivity contribution is 0.302. The Morgan fingerprint density at radius 1 is 1.59 bits per heavy atom. The maximum Gasteiger partial charge on any atom is 0.128 e. The van der Waals surface area contributed by atoms with Gasteiger partial charge in [0.05, 0.1) is 6.61 Å². The van der Waals surface area contributed by atoms with Crippen molar-refractivity contribution in [1.29, 1.82) is 0 Å². The number of hydrogen-bond donors (Lipinski definition) is 2. The van der Waals surface area contributed by atoms with E-state index in [2.05, 4.69) is 29.9 Å². The van der Waals surface area contributed by atoms with Gasteiger partial charge in [-0.3, -0.25) is 0 Å². The van der Waals surface area contributed by atoms with Gasteiger partial charge in [-0.2, -0.15) is 0 Å². The summed E-state index contributed by atoms with van der Waals surface area (Å²) in [5, 5.41) is 12.2. The van der Waals surface area contributed by atoms with Crippen LogP contribution in [0.15, 0.2) is 31.0 Å². The topological polar surface area (TPSA) is 48.4 Å².